The van der Waals surface area contributed by atoms with E-state index in [4.69, 9.17) is 9.47 Å². The number of nitrogens with one attached hydrogen (secondary N) is 1. The van der Waals surface area contributed by atoms with Gasteiger partial charge < -0.3 is 5.32 Å². The molecule has 0 aliphatic heterocycles. The molecule has 1 unspecified atom stereocenters. The highest BCUT2D eigenvalue weighted by atomic mass is 16.8. The van der Waals surface area contributed by atoms with Gasteiger partial charge in [0.15, 0.2) is 0 Å². The van der Waals surface area contributed by atoms with Crippen molar-refractivity contribution in [3.63, 3.8) is 0 Å². The molecule has 0 saturated heterocycles. The summed E-state index contributed by atoms with van der Waals surface area (Å²) in [5.74, 6) is -3.47. The maximum atomic E-state index is 12.7. The minimum atomic E-state index is -2.60. The molecule has 0 amide bonds. The first-order valence-corrected chi connectivity index (χ1v) is 7.23. The molecule has 2 rings (SSSR count). The molecule has 0 saturated carbocycles. The van der Waals surface area contributed by atoms with E-state index in [1.54, 1.807) is 43.4 Å². The van der Waals surface area contributed by atoms with Crippen LogP contribution >= 0.6 is 0 Å². The molecule has 0 aliphatic rings. The third kappa shape index (κ3) is 3.58. The minimum Gasteiger partial charge on any atom is -0.388 e. The van der Waals surface area contributed by atoms with Crippen molar-refractivity contribution in [2.75, 3.05) is 19.5 Å². The number of methoxy groups -OCH3 is 1. The lowest BCUT2D eigenvalue weighted by Crippen LogP contribution is -2.50. The van der Waals surface area contributed by atoms with E-state index in [-0.39, 0.29) is 12.2 Å². The maximum absolute atomic E-state index is 12.7. The Morgan fingerprint density at radius 2 is 1.92 bits per heavy atom. The lowest BCUT2D eigenvalue weighted by Gasteiger charge is -2.22. The van der Waals surface area contributed by atoms with Gasteiger partial charge in [-0.1, -0.05) is 42.5 Å². The van der Waals surface area contributed by atoms with Crippen LogP contribution < -0.4 is 5.32 Å². The van der Waals surface area contributed by atoms with E-state index in [0.29, 0.717) is 11.3 Å². The third-order valence-corrected chi connectivity index (χ3v) is 3.49. The predicted molar refractivity (Wildman–Crippen MR) is 88.3 cm³/mol. The van der Waals surface area contributed by atoms with E-state index in [0.717, 1.165) is 7.11 Å². The van der Waals surface area contributed by atoms with Crippen LogP contribution in [0.2, 0.25) is 0 Å². The molecule has 2 aromatic rings. The van der Waals surface area contributed by atoms with Gasteiger partial charge in [0.05, 0.1) is 11.5 Å². The topological polar surface area (TPSA) is 90.7 Å². The monoisotopic (exact) mass is 330 g/mol. The van der Waals surface area contributed by atoms with Crippen LogP contribution in [0.3, 0.4) is 0 Å². The van der Waals surface area contributed by atoms with Crippen molar-refractivity contribution < 1.29 is 19.2 Å². The first-order valence-electron chi connectivity index (χ1n) is 7.23. The van der Waals surface area contributed by atoms with Crippen molar-refractivity contribution in [3.05, 3.63) is 75.8 Å². The molecule has 0 aromatic heterocycles. The lowest BCUT2D eigenvalue weighted by atomic mass is 10.1. The molecule has 0 fully saturated rings. The van der Waals surface area contributed by atoms with Crippen molar-refractivity contribution in [1.82, 2.24) is 0 Å². The molecule has 126 valence electrons. The normalized spacial score (nSPS) is 13.1. The van der Waals surface area contributed by atoms with Gasteiger partial charge in [-0.3, -0.25) is 24.4 Å². The van der Waals surface area contributed by atoms with Gasteiger partial charge in [-0.25, -0.2) is 0 Å². The van der Waals surface area contributed by atoms with Crippen LogP contribution in [0.5, 0.6) is 0 Å². The number of carbonyl (C=O) groups is 1. The molecule has 0 aliphatic carbocycles. The molecule has 0 radical (unpaired) electrons. The number of nitro groups is 1. The van der Waals surface area contributed by atoms with E-state index in [9.17, 15) is 14.9 Å². The molecular weight excluding hydrogens is 312 g/mol. The van der Waals surface area contributed by atoms with Crippen LogP contribution in [0.4, 0.5) is 5.69 Å². The number of Topliss-reactive ketones (excluding diaryl/α,β-unsaturated/α-hetero) is 1. The highest BCUT2D eigenvalue weighted by molar-refractivity contribution is 6.01. The fourth-order valence-corrected chi connectivity index (χ4v) is 2.18. The Kier molecular flexibility index (Phi) is 5.62. The third-order valence-electron chi connectivity index (χ3n) is 3.49. The van der Waals surface area contributed by atoms with E-state index in [2.05, 4.69) is 5.32 Å². The molecular formula is C17H18N2O5. The number of rotatable bonds is 8. The van der Waals surface area contributed by atoms with Crippen molar-refractivity contribution in [2.45, 2.75) is 12.5 Å². The fourth-order valence-electron chi connectivity index (χ4n) is 2.18. The number of hydrogen-bond acceptors (Lipinski definition) is 6. The molecule has 2 aromatic carbocycles. The smallest absolute Gasteiger partial charge is 0.388 e. The number of carbonyl (C=O) groups excluding carboxylic acids is 1. The Hall–Kier alpha value is -2.77. The first-order chi connectivity index (χ1) is 11.5. The van der Waals surface area contributed by atoms with Crippen molar-refractivity contribution >= 4 is 11.5 Å². The second kappa shape index (κ2) is 7.67. The van der Waals surface area contributed by atoms with E-state index in [1.165, 1.54) is 12.1 Å². The Labute approximate surface area is 139 Å². The van der Waals surface area contributed by atoms with Crippen LogP contribution in [-0.2, 0) is 16.1 Å². The average Bonchev–Trinajstić information content (AvgIpc) is 2.63. The van der Waals surface area contributed by atoms with E-state index >= 15 is 0 Å². The number of anilines is 1. The van der Waals surface area contributed by atoms with Gasteiger partial charge in [0.1, 0.15) is 0 Å². The Bertz CT molecular complexity index is 720. The quantitative estimate of drug-likeness (QED) is 0.346. The van der Waals surface area contributed by atoms with Gasteiger partial charge >= 0.3 is 11.7 Å². The molecule has 7 heteroatoms. The summed E-state index contributed by atoms with van der Waals surface area (Å²) in [5, 5.41) is 14.4. The largest absolute Gasteiger partial charge is 0.508 e. The van der Waals surface area contributed by atoms with Gasteiger partial charge in [0.2, 0.25) is 0 Å². The van der Waals surface area contributed by atoms with Gasteiger partial charge in [0, 0.05) is 25.4 Å². The Balaban J connectivity index is 2.32. The van der Waals surface area contributed by atoms with Gasteiger partial charge in [-0.05, 0) is 17.7 Å². The molecule has 0 spiro atoms. The molecule has 1 atom stereocenters. The number of benzene rings is 2. The summed E-state index contributed by atoms with van der Waals surface area (Å²) in [5.41, 5.74) is 1.46. The Morgan fingerprint density at radius 1 is 1.21 bits per heavy atom. The number of ether oxygens (including phenoxy) is 2. The van der Waals surface area contributed by atoms with Crippen molar-refractivity contribution in [3.8, 4) is 0 Å². The van der Waals surface area contributed by atoms with Crippen LogP contribution in [0, 0.1) is 10.1 Å². The van der Waals surface area contributed by atoms with Gasteiger partial charge in [-0.2, -0.15) is 0 Å². The SMILES string of the molecule is CNc1cccc(C(=O)C(OC)(OCc2ccccc2)[N+](=O)[O-])c1. The molecule has 0 heterocycles. The summed E-state index contributed by atoms with van der Waals surface area (Å²) < 4.78 is 10.2. The highest BCUT2D eigenvalue weighted by Gasteiger charge is 2.54. The van der Waals surface area contributed by atoms with Crippen molar-refractivity contribution in [2.24, 2.45) is 0 Å². The second-order valence-electron chi connectivity index (χ2n) is 4.98. The predicted octanol–water partition coefficient (Wildman–Crippen LogP) is 2.70. The van der Waals surface area contributed by atoms with Gasteiger partial charge in [-0.15, -0.1) is 0 Å². The number of nitrogens with zero attached hydrogens (tertiary/aromatic N) is 1. The van der Waals surface area contributed by atoms with Crippen LogP contribution in [0.1, 0.15) is 15.9 Å². The van der Waals surface area contributed by atoms with E-state index in [1.807, 2.05) is 6.07 Å². The first kappa shape index (κ1) is 17.6. The van der Waals surface area contributed by atoms with Crippen molar-refractivity contribution in [1.29, 1.82) is 0 Å². The van der Waals surface area contributed by atoms with Crippen LogP contribution in [-0.4, -0.2) is 30.8 Å². The number of ketones is 1. The standard InChI is InChI=1S/C17H18N2O5/c1-18-15-10-6-9-14(11-15)16(20)17(23-2,19(21)22)24-12-13-7-4-3-5-8-13/h3-11,18H,12H2,1-2H3. The lowest BCUT2D eigenvalue weighted by molar-refractivity contribution is -0.667. The fraction of sp³-hybridized carbons (Fsp3) is 0.235. The minimum absolute atomic E-state index is 0.119. The van der Waals surface area contributed by atoms with E-state index < -0.39 is 16.6 Å². The number of hydrogen-bond donors (Lipinski definition) is 1. The average molecular weight is 330 g/mol. The summed E-state index contributed by atoms with van der Waals surface area (Å²) in [6, 6.07) is 15.2. The summed E-state index contributed by atoms with van der Waals surface area (Å²) in [6.07, 6.45) is 0. The molecule has 1 N–H and O–H groups in total. The Morgan fingerprint density at radius 3 is 2.50 bits per heavy atom. The zero-order valence-corrected chi connectivity index (χ0v) is 13.4. The maximum Gasteiger partial charge on any atom is 0.508 e. The summed E-state index contributed by atoms with van der Waals surface area (Å²) >= 11 is 0. The zero-order valence-electron chi connectivity index (χ0n) is 13.4. The van der Waals surface area contributed by atoms with Crippen LogP contribution in [0.25, 0.3) is 0 Å². The molecule has 7 nitrogen and oxygen atoms in total. The summed E-state index contributed by atoms with van der Waals surface area (Å²) in [7, 11) is 2.76. The molecule has 24 heavy (non-hydrogen) atoms. The second-order valence-corrected chi connectivity index (χ2v) is 4.98. The van der Waals surface area contributed by atoms with Crippen LogP contribution in [0.15, 0.2) is 54.6 Å². The highest BCUT2D eigenvalue weighted by Crippen LogP contribution is 2.23. The summed E-state index contributed by atoms with van der Waals surface area (Å²) in [4.78, 5) is 23.4. The zero-order chi connectivity index (χ0) is 17.6. The van der Waals surface area contributed by atoms with Gasteiger partial charge in [0.25, 0.3) is 0 Å². The molecule has 0 bridgehead atoms. The summed E-state index contributed by atoms with van der Waals surface area (Å²) in [6.45, 7) is -0.132.